The minimum Gasteiger partial charge on any atom is -0.368 e. The van der Waals surface area contributed by atoms with Gasteiger partial charge in [0.15, 0.2) is 0 Å². The maximum absolute atomic E-state index is 5.85. The summed E-state index contributed by atoms with van der Waals surface area (Å²) in [6, 6.07) is 0. The molecular formula is C8H11Cl2N3. The number of hydrogen-bond acceptors (Lipinski definition) is 3. The van der Waals surface area contributed by atoms with Crippen molar-refractivity contribution in [2.75, 3.05) is 5.73 Å². The summed E-state index contributed by atoms with van der Waals surface area (Å²) in [4.78, 5) is 7.67. The van der Waals surface area contributed by atoms with E-state index in [-0.39, 0.29) is 5.95 Å². The highest BCUT2D eigenvalue weighted by molar-refractivity contribution is 6.34. The standard InChI is InChI=1S/C8H11Cl2N3/c1-2-3-4-5-6(9)12-8(11)13-7(5)10/h2-4H2,1H3,(H2,11,12,13). The lowest BCUT2D eigenvalue weighted by molar-refractivity contribution is 0.789. The minimum absolute atomic E-state index is 0.121. The normalized spacial score (nSPS) is 10.4. The van der Waals surface area contributed by atoms with E-state index in [1.54, 1.807) is 0 Å². The maximum atomic E-state index is 5.85. The van der Waals surface area contributed by atoms with Gasteiger partial charge in [0, 0.05) is 5.56 Å². The zero-order chi connectivity index (χ0) is 9.84. The molecule has 72 valence electrons. The van der Waals surface area contributed by atoms with Crippen molar-refractivity contribution in [3.63, 3.8) is 0 Å². The molecule has 0 amide bonds. The van der Waals surface area contributed by atoms with E-state index in [9.17, 15) is 0 Å². The molecule has 0 radical (unpaired) electrons. The number of halogens is 2. The van der Waals surface area contributed by atoms with Gasteiger partial charge in [0.2, 0.25) is 5.95 Å². The van der Waals surface area contributed by atoms with Crippen LogP contribution in [0.3, 0.4) is 0 Å². The molecule has 0 aliphatic heterocycles. The van der Waals surface area contributed by atoms with Crippen LogP contribution >= 0.6 is 23.2 Å². The van der Waals surface area contributed by atoms with Gasteiger partial charge in [-0.2, -0.15) is 0 Å². The van der Waals surface area contributed by atoms with Crippen LogP contribution in [0.4, 0.5) is 5.95 Å². The summed E-state index contributed by atoms with van der Waals surface area (Å²) in [5.41, 5.74) is 6.16. The van der Waals surface area contributed by atoms with Crippen molar-refractivity contribution < 1.29 is 0 Å². The van der Waals surface area contributed by atoms with Crippen LogP contribution in [0.25, 0.3) is 0 Å². The summed E-state index contributed by atoms with van der Waals surface area (Å²) < 4.78 is 0. The van der Waals surface area contributed by atoms with E-state index in [1.807, 2.05) is 0 Å². The molecule has 0 unspecified atom stereocenters. The third-order valence-electron chi connectivity index (χ3n) is 1.70. The molecule has 0 fully saturated rings. The number of aromatic nitrogens is 2. The SMILES string of the molecule is CCCCc1c(Cl)nc(N)nc1Cl. The van der Waals surface area contributed by atoms with Gasteiger partial charge in [-0.05, 0) is 12.8 Å². The molecule has 0 atom stereocenters. The molecule has 3 nitrogen and oxygen atoms in total. The van der Waals surface area contributed by atoms with Crippen LogP contribution in [-0.2, 0) is 6.42 Å². The minimum atomic E-state index is 0.121. The molecule has 0 spiro atoms. The Bertz CT molecular complexity index is 278. The molecule has 0 aliphatic rings. The Morgan fingerprint density at radius 1 is 1.23 bits per heavy atom. The lowest BCUT2D eigenvalue weighted by Gasteiger charge is -2.04. The van der Waals surface area contributed by atoms with Gasteiger partial charge in [-0.15, -0.1) is 0 Å². The van der Waals surface area contributed by atoms with Gasteiger partial charge in [0.1, 0.15) is 10.3 Å². The van der Waals surface area contributed by atoms with Crippen molar-refractivity contribution in [2.24, 2.45) is 0 Å². The predicted molar refractivity (Wildman–Crippen MR) is 55.1 cm³/mol. The Balaban J connectivity index is 2.92. The van der Waals surface area contributed by atoms with Crippen molar-refractivity contribution in [2.45, 2.75) is 26.2 Å². The number of hydrogen-bond donors (Lipinski definition) is 1. The second kappa shape index (κ2) is 4.63. The fourth-order valence-electron chi connectivity index (χ4n) is 1.01. The van der Waals surface area contributed by atoms with Crippen LogP contribution in [0.1, 0.15) is 25.3 Å². The fourth-order valence-corrected chi connectivity index (χ4v) is 1.60. The van der Waals surface area contributed by atoms with Crippen molar-refractivity contribution in [3.8, 4) is 0 Å². The Morgan fingerprint density at radius 2 is 1.77 bits per heavy atom. The summed E-state index contributed by atoms with van der Waals surface area (Å²) >= 11 is 11.7. The first-order valence-corrected chi connectivity index (χ1v) is 4.88. The van der Waals surface area contributed by atoms with E-state index in [4.69, 9.17) is 28.9 Å². The van der Waals surface area contributed by atoms with E-state index < -0.39 is 0 Å². The first kappa shape index (κ1) is 10.5. The summed E-state index contributed by atoms with van der Waals surface area (Å²) in [7, 11) is 0. The molecule has 0 saturated heterocycles. The van der Waals surface area contributed by atoms with Crippen molar-refractivity contribution in [3.05, 3.63) is 15.9 Å². The third-order valence-corrected chi connectivity index (χ3v) is 2.33. The summed E-state index contributed by atoms with van der Waals surface area (Å²) in [5.74, 6) is 0.121. The van der Waals surface area contributed by atoms with Crippen LogP contribution in [-0.4, -0.2) is 9.97 Å². The predicted octanol–water partition coefficient (Wildman–Crippen LogP) is 2.71. The number of nitrogens with two attached hydrogens (primary N) is 1. The van der Waals surface area contributed by atoms with Gasteiger partial charge in [0.05, 0.1) is 0 Å². The summed E-state index contributed by atoms with van der Waals surface area (Å²) in [5, 5.41) is 0.733. The largest absolute Gasteiger partial charge is 0.368 e. The molecule has 0 saturated carbocycles. The number of nitrogens with zero attached hydrogens (tertiary/aromatic N) is 2. The second-order valence-corrected chi connectivity index (χ2v) is 3.46. The Kier molecular flexibility index (Phi) is 3.75. The van der Waals surface area contributed by atoms with E-state index in [0.29, 0.717) is 10.3 Å². The van der Waals surface area contributed by atoms with Crippen molar-refractivity contribution in [1.82, 2.24) is 9.97 Å². The van der Waals surface area contributed by atoms with Gasteiger partial charge in [-0.25, -0.2) is 9.97 Å². The van der Waals surface area contributed by atoms with Gasteiger partial charge < -0.3 is 5.73 Å². The van der Waals surface area contributed by atoms with Crippen LogP contribution in [0.15, 0.2) is 0 Å². The molecular weight excluding hydrogens is 209 g/mol. The lowest BCUT2D eigenvalue weighted by Crippen LogP contribution is -2.00. The molecule has 1 rings (SSSR count). The zero-order valence-corrected chi connectivity index (χ0v) is 8.86. The third kappa shape index (κ3) is 2.71. The molecule has 1 aromatic rings. The summed E-state index contributed by atoms with van der Waals surface area (Å²) in [6.45, 7) is 2.10. The average molecular weight is 220 g/mol. The van der Waals surface area contributed by atoms with Crippen LogP contribution in [0.5, 0.6) is 0 Å². The van der Waals surface area contributed by atoms with Gasteiger partial charge in [-0.1, -0.05) is 36.5 Å². The molecule has 2 N–H and O–H groups in total. The fraction of sp³-hybridized carbons (Fsp3) is 0.500. The van der Waals surface area contributed by atoms with Crippen molar-refractivity contribution >= 4 is 29.2 Å². The van der Waals surface area contributed by atoms with Crippen molar-refractivity contribution in [1.29, 1.82) is 0 Å². The monoisotopic (exact) mass is 219 g/mol. The highest BCUT2D eigenvalue weighted by Gasteiger charge is 2.09. The average Bonchev–Trinajstić information content (AvgIpc) is 2.02. The number of unbranched alkanes of at least 4 members (excludes halogenated alkanes) is 1. The molecule has 5 heteroatoms. The molecule has 13 heavy (non-hydrogen) atoms. The van der Waals surface area contributed by atoms with E-state index >= 15 is 0 Å². The number of rotatable bonds is 3. The van der Waals surface area contributed by atoms with Crippen LogP contribution < -0.4 is 5.73 Å². The molecule has 0 aliphatic carbocycles. The van der Waals surface area contributed by atoms with E-state index in [2.05, 4.69) is 16.9 Å². The highest BCUT2D eigenvalue weighted by Crippen LogP contribution is 2.23. The van der Waals surface area contributed by atoms with Gasteiger partial charge in [0.25, 0.3) is 0 Å². The van der Waals surface area contributed by atoms with Gasteiger partial charge in [-0.3, -0.25) is 0 Å². The van der Waals surface area contributed by atoms with Crippen LogP contribution in [0.2, 0.25) is 10.3 Å². The Hall–Kier alpha value is -0.540. The quantitative estimate of drug-likeness (QED) is 0.796. The first-order valence-electron chi connectivity index (χ1n) is 4.12. The zero-order valence-electron chi connectivity index (χ0n) is 7.35. The second-order valence-electron chi connectivity index (χ2n) is 2.75. The first-order chi connectivity index (χ1) is 6.15. The Labute approximate surface area is 87.3 Å². The maximum Gasteiger partial charge on any atom is 0.222 e. The number of nitrogen functional groups attached to an aromatic ring is 1. The van der Waals surface area contributed by atoms with E-state index in [0.717, 1.165) is 24.8 Å². The highest BCUT2D eigenvalue weighted by atomic mass is 35.5. The van der Waals surface area contributed by atoms with Gasteiger partial charge >= 0.3 is 0 Å². The summed E-state index contributed by atoms with van der Waals surface area (Å²) in [6.07, 6.45) is 2.90. The molecule has 0 bridgehead atoms. The smallest absolute Gasteiger partial charge is 0.222 e. The lowest BCUT2D eigenvalue weighted by atomic mass is 10.1. The van der Waals surface area contributed by atoms with E-state index in [1.165, 1.54) is 0 Å². The molecule has 0 aromatic carbocycles. The molecule has 1 aromatic heterocycles. The van der Waals surface area contributed by atoms with Crippen LogP contribution in [0, 0.1) is 0 Å². The topological polar surface area (TPSA) is 51.8 Å². The molecule has 1 heterocycles. The number of anilines is 1. The Morgan fingerprint density at radius 3 is 2.23 bits per heavy atom.